The largest absolute Gasteiger partial charge is 0.463 e. The monoisotopic (exact) mass is 512 g/mol. The first kappa shape index (κ1) is 23.1. The first-order valence-corrected chi connectivity index (χ1v) is 9.59. The summed E-state index contributed by atoms with van der Waals surface area (Å²) >= 11 is 0. The summed E-state index contributed by atoms with van der Waals surface area (Å²) in [4.78, 5) is 4.51. The van der Waals surface area contributed by atoms with E-state index in [2.05, 4.69) is 25.8 Å². The lowest BCUT2D eigenvalue weighted by Gasteiger charge is -2.19. The number of aliphatic imine (C=N–C) groups is 1. The van der Waals surface area contributed by atoms with Crippen molar-refractivity contribution >= 4 is 35.6 Å². The molecule has 3 heterocycles. The molecule has 29 heavy (non-hydrogen) atoms. The summed E-state index contributed by atoms with van der Waals surface area (Å²) in [6.07, 6.45) is 3.66. The minimum Gasteiger partial charge on any atom is -0.463 e. The Morgan fingerprint density at radius 2 is 2.07 bits per heavy atom. The van der Waals surface area contributed by atoms with Gasteiger partial charge in [-0.15, -0.1) is 34.2 Å². The van der Waals surface area contributed by atoms with Gasteiger partial charge in [-0.2, -0.15) is 0 Å². The predicted molar refractivity (Wildman–Crippen MR) is 124 cm³/mol. The maximum atomic E-state index is 10.6. The van der Waals surface area contributed by atoms with Crippen molar-refractivity contribution in [3.63, 3.8) is 0 Å². The van der Waals surface area contributed by atoms with E-state index in [4.69, 9.17) is 4.42 Å². The molecular weight excluding hydrogens is 483 g/mol. The van der Waals surface area contributed by atoms with E-state index < -0.39 is 5.60 Å². The van der Waals surface area contributed by atoms with Gasteiger partial charge in [0, 0.05) is 25.7 Å². The SMILES string of the molecule is CCNC(=NCC(C)(O)c1ccc(C)o1)NCCCc1nnc2ccccn12.I. The van der Waals surface area contributed by atoms with Crippen LogP contribution < -0.4 is 10.6 Å². The number of furan rings is 1. The van der Waals surface area contributed by atoms with E-state index in [1.807, 2.05) is 48.7 Å². The number of hydrogen-bond acceptors (Lipinski definition) is 5. The molecule has 1 atom stereocenters. The molecule has 0 aromatic carbocycles. The number of pyridine rings is 1. The van der Waals surface area contributed by atoms with E-state index in [9.17, 15) is 5.11 Å². The van der Waals surface area contributed by atoms with Crippen molar-refractivity contribution in [2.45, 2.75) is 39.2 Å². The normalized spacial score (nSPS) is 13.7. The van der Waals surface area contributed by atoms with Crippen molar-refractivity contribution in [2.24, 2.45) is 4.99 Å². The van der Waals surface area contributed by atoms with Crippen LogP contribution in [0, 0.1) is 6.92 Å². The minimum atomic E-state index is -1.16. The molecule has 8 nitrogen and oxygen atoms in total. The van der Waals surface area contributed by atoms with Crippen LogP contribution in [-0.2, 0) is 12.0 Å². The fourth-order valence-corrected chi connectivity index (χ4v) is 2.89. The molecule has 158 valence electrons. The van der Waals surface area contributed by atoms with Gasteiger partial charge in [-0.25, -0.2) is 4.99 Å². The molecule has 0 aliphatic heterocycles. The highest BCUT2D eigenvalue weighted by molar-refractivity contribution is 14.0. The Labute approximate surface area is 187 Å². The maximum absolute atomic E-state index is 10.6. The number of nitrogens with zero attached hydrogens (tertiary/aromatic N) is 4. The van der Waals surface area contributed by atoms with E-state index in [0.29, 0.717) is 11.7 Å². The van der Waals surface area contributed by atoms with Crippen molar-refractivity contribution in [1.29, 1.82) is 0 Å². The molecule has 0 fully saturated rings. The quantitative estimate of drug-likeness (QED) is 0.186. The maximum Gasteiger partial charge on any atom is 0.191 e. The summed E-state index contributed by atoms with van der Waals surface area (Å²) in [6, 6.07) is 9.49. The molecule has 0 radical (unpaired) electrons. The van der Waals surface area contributed by atoms with Gasteiger partial charge in [-0.3, -0.25) is 4.40 Å². The van der Waals surface area contributed by atoms with Crippen molar-refractivity contribution in [2.75, 3.05) is 19.6 Å². The number of aromatic nitrogens is 3. The molecule has 1 unspecified atom stereocenters. The van der Waals surface area contributed by atoms with E-state index in [1.165, 1.54) is 0 Å². The van der Waals surface area contributed by atoms with Crippen LogP contribution in [-0.4, -0.2) is 45.3 Å². The van der Waals surface area contributed by atoms with Crippen LogP contribution in [0.25, 0.3) is 5.65 Å². The van der Waals surface area contributed by atoms with E-state index in [-0.39, 0.29) is 30.5 Å². The van der Waals surface area contributed by atoms with Crippen molar-refractivity contribution < 1.29 is 9.52 Å². The van der Waals surface area contributed by atoms with Crippen LogP contribution in [0.2, 0.25) is 0 Å². The first-order valence-electron chi connectivity index (χ1n) is 9.59. The van der Waals surface area contributed by atoms with Crippen LogP contribution >= 0.6 is 24.0 Å². The topological polar surface area (TPSA) is 100.0 Å². The molecule has 3 rings (SSSR count). The highest BCUT2D eigenvalue weighted by Crippen LogP contribution is 2.23. The molecular formula is C20H29IN6O2. The summed E-state index contributed by atoms with van der Waals surface area (Å²) in [6.45, 7) is 7.23. The van der Waals surface area contributed by atoms with Crippen LogP contribution in [0.4, 0.5) is 0 Å². The van der Waals surface area contributed by atoms with Gasteiger partial charge < -0.3 is 20.2 Å². The summed E-state index contributed by atoms with van der Waals surface area (Å²) in [7, 11) is 0. The summed E-state index contributed by atoms with van der Waals surface area (Å²) in [5, 5.41) is 25.6. The average Bonchev–Trinajstić information content (AvgIpc) is 3.30. The second-order valence-electron chi connectivity index (χ2n) is 6.95. The number of guanidine groups is 1. The van der Waals surface area contributed by atoms with Crippen LogP contribution in [0.15, 0.2) is 45.9 Å². The molecule has 3 N–H and O–H groups in total. The lowest BCUT2D eigenvalue weighted by molar-refractivity contribution is 0.0428. The number of rotatable bonds is 8. The molecule has 0 bridgehead atoms. The minimum absolute atomic E-state index is 0. The smallest absolute Gasteiger partial charge is 0.191 e. The Hall–Kier alpha value is -2.14. The van der Waals surface area contributed by atoms with Gasteiger partial charge in [0.05, 0.1) is 6.54 Å². The zero-order valence-electron chi connectivity index (χ0n) is 17.1. The number of halogens is 1. The lowest BCUT2D eigenvalue weighted by atomic mass is 10.0. The van der Waals surface area contributed by atoms with Gasteiger partial charge in [0.25, 0.3) is 0 Å². The zero-order chi connectivity index (χ0) is 20.0. The van der Waals surface area contributed by atoms with Crippen molar-refractivity contribution in [3.8, 4) is 0 Å². The Kier molecular flexibility index (Phi) is 8.45. The second-order valence-corrected chi connectivity index (χ2v) is 6.95. The van der Waals surface area contributed by atoms with Gasteiger partial charge in [0.1, 0.15) is 22.9 Å². The summed E-state index contributed by atoms with van der Waals surface area (Å²) in [5.74, 6) is 2.89. The van der Waals surface area contributed by atoms with E-state index in [0.717, 1.165) is 43.2 Å². The second kappa shape index (κ2) is 10.6. The highest BCUT2D eigenvalue weighted by atomic mass is 127. The Morgan fingerprint density at radius 3 is 2.79 bits per heavy atom. The summed E-state index contributed by atoms with van der Waals surface area (Å²) < 4.78 is 7.54. The Balaban J connectivity index is 0.00000300. The van der Waals surface area contributed by atoms with Gasteiger partial charge in [0.15, 0.2) is 11.6 Å². The molecule has 0 amide bonds. The van der Waals surface area contributed by atoms with E-state index in [1.54, 1.807) is 13.0 Å². The molecule has 3 aromatic heterocycles. The molecule has 0 spiro atoms. The number of fused-ring (bicyclic) bond motifs is 1. The standard InChI is InChI=1S/C20H28N6O2.HI/c1-4-21-19(23-14-20(3,27)16-11-10-15(2)28-16)22-12-7-9-18-25-24-17-8-5-6-13-26(17)18;/h5-6,8,10-11,13,27H,4,7,9,12,14H2,1-3H3,(H2,21,22,23);1H. The third-order valence-electron chi connectivity index (χ3n) is 4.41. The van der Waals surface area contributed by atoms with Crippen molar-refractivity contribution in [3.05, 3.63) is 53.9 Å². The van der Waals surface area contributed by atoms with Crippen LogP contribution in [0.3, 0.4) is 0 Å². The van der Waals surface area contributed by atoms with Gasteiger partial charge >= 0.3 is 0 Å². The fourth-order valence-electron chi connectivity index (χ4n) is 2.89. The van der Waals surface area contributed by atoms with Crippen molar-refractivity contribution in [1.82, 2.24) is 25.2 Å². The number of nitrogens with one attached hydrogen (secondary N) is 2. The van der Waals surface area contributed by atoms with E-state index >= 15 is 0 Å². The average molecular weight is 512 g/mol. The Morgan fingerprint density at radius 1 is 1.24 bits per heavy atom. The Bertz CT molecular complexity index is 934. The molecule has 0 aliphatic carbocycles. The third kappa shape index (κ3) is 6.17. The lowest BCUT2D eigenvalue weighted by Crippen LogP contribution is -2.39. The fraction of sp³-hybridized carbons (Fsp3) is 0.450. The zero-order valence-corrected chi connectivity index (χ0v) is 19.4. The number of aryl methyl sites for hydroxylation is 2. The third-order valence-corrected chi connectivity index (χ3v) is 4.41. The summed E-state index contributed by atoms with van der Waals surface area (Å²) in [5.41, 5.74) is -0.299. The van der Waals surface area contributed by atoms with Crippen LogP contribution in [0.5, 0.6) is 0 Å². The molecule has 9 heteroatoms. The molecule has 0 aliphatic rings. The van der Waals surface area contributed by atoms with Gasteiger partial charge in [-0.1, -0.05) is 6.07 Å². The predicted octanol–water partition coefficient (Wildman–Crippen LogP) is 2.64. The van der Waals surface area contributed by atoms with Gasteiger partial charge in [-0.05, 0) is 51.5 Å². The first-order chi connectivity index (χ1) is 13.5. The number of hydrogen-bond donors (Lipinski definition) is 3. The molecule has 0 saturated carbocycles. The molecule has 0 saturated heterocycles. The van der Waals surface area contributed by atoms with Gasteiger partial charge in [0.2, 0.25) is 0 Å². The van der Waals surface area contributed by atoms with Crippen LogP contribution in [0.1, 0.15) is 37.6 Å². The number of aliphatic hydroxyl groups is 1. The molecule has 3 aromatic rings. The highest BCUT2D eigenvalue weighted by Gasteiger charge is 2.26.